The van der Waals surface area contributed by atoms with Crippen LogP contribution in [0, 0.1) is 13.8 Å². The number of rotatable bonds is 3. The third-order valence-corrected chi connectivity index (χ3v) is 6.38. The average molecular weight is 325 g/mol. The Morgan fingerprint density at radius 1 is 0.957 bits per heavy atom. The van der Waals surface area contributed by atoms with E-state index in [2.05, 4.69) is 4.98 Å². The molecule has 0 amide bonds. The molecule has 1 aromatic heterocycles. The van der Waals surface area contributed by atoms with Gasteiger partial charge in [0.2, 0.25) is 0 Å². The lowest BCUT2D eigenvalue weighted by atomic mass is 10.0. The summed E-state index contributed by atoms with van der Waals surface area (Å²) in [6.07, 6.45) is 1.75. The van der Waals surface area contributed by atoms with Crippen LogP contribution in [-0.2, 0) is 9.84 Å². The van der Waals surface area contributed by atoms with Gasteiger partial charge < -0.3 is 0 Å². The van der Waals surface area contributed by atoms with Gasteiger partial charge in [-0.1, -0.05) is 42.0 Å². The first-order valence-electron chi connectivity index (χ1n) is 7.56. The van der Waals surface area contributed by atoms with Crippen LogP contribution in [0.15, 0.2) is 59.6 Å². The van der Waals surface area contributed by atoms with Crippen LogP contribution in [0.4, 0.5) is 0 Å². The Bertz CT molecular complexity index is 960. The van der Waals surface area contributed by atoms with E-state index in [0.717, 1.165) is 21.9 Å². The average Bonchev–Trinajstić information content (AvgIpc) is 2.55. The Morgan fingerprint density at radius 3 is 2.30 bits per heavy atom. The molecule has 0 bridgehead atoms. The van der Waals surface area contributed by atoms with Gasteiger partial charge in [-0.05, 0) is 43.9 Å². The predicted molar refractivity (Wildman–Crippen MR) is 93.3 cm³/mol. The summed E-state index contributed by atoms with van der Waals surface area (Å²) in [6.45, 7) is 5.58. The van der Waals surface area contributed by atoms with Gasteiger partial charge in [-0.3, -0.25) is 4.98 Å². The van der Waals surface area contributed by atoms with Gasteiger partial charge in [0.15, 0.2) is 9.84 Å². The van der Waals surface area contributed by atoms with Crippen LogP contribution in [0.25, 0.3) is 10.8 Å². The summed E-state index contributed by atoms with van der Waals surface area (Å²) in [5, 5.41) is 1.38. The van der Waals surface area contributed by atoms with E-state index in [-0.39, 0.29) is 0 Å². The maximum atomic E-state index is 12.9. The Hall–Kier alpha value is -2.20. The first-order valence-corrected chi connectivity index (χ1v) is 9.10. The molecule has 1 unspecified atom stereocenters. The van der Waals surface area contributed by atoms with E-state index in [0.29, 0.717) is 10.6 Å². The maximum absolute atomic E-state index is 12.9. The van der Waals surface area contributed by atoms with Crippen molar-refractivity contribution >= 4 is 20.6 Å². The van der Waals surface area contributed by atoms with E-state index in [1.807, 2.05) is 50.2 Å². The van der Waals surface area contributed by atoms with Crippen molar-refractivity contribution in [2.75, 3.05) is 0 Å². The van der Waals surface area contributed by atoms with Crippen molar-refractivity contribution in [2.24, 2.45) is 0 Å². The van der Waals surface area contributed by atoms with Gasteiger partial charge >= 0.3 is 0 Å². The first kappa shape index (κ1) is 15.7. The SMILES string of the molecule is Cc1ccc(S(=O)(=O)C(C)c2ncc3ccccc3c2C)cc1. The summed E-state index contributed by atoms with van der Waals surface area (Å²) < 4.78 is 25.8. The van der Waals surface area contributed by atoms with E-state index in [9.17, 15) is 8.42 Å². The molecule has 3 rings (SSSR count). The van der Waals surface area contributed by atoms with Crippen LogP contribution in [0.5, 0.6) is 0 Å². The largest absolute Gasteiger partial charge is 0.259 e. The van der Waals surface area contributed by atoms with Gasteiger partial charge in [-0.15, -0.1) is 0 Å². The monoisotopic (exact) mass is 325 g/mol. The van der Waals surface area contributed by atoms with E-state index in [1.54, 1.807) is 25.3 Å². The Balaban J connectivity index is 2.11. The molecule has 0 aliphatic rings. The molecule has 2 aromatic carbocycles. The second-order valence-electron chi connectivity index (χ2n) is 5.86. The molecule has 23 heavy (non-hydrogen) atoms. The summed E-state index contributed by atoms with van der Waals surface area (Å²) in [6, 6.07) is 14.9. The number of hydrogen-bond donors (Lipinski definition) is 0. The van der Waals surface area contributed by atoms with E-state index in [4.69, 9.17) is 0 Å². The number of nitrogens with zero attached hydrogens (tertiary/aromatic N) is 1. The molecule has 4 heteroatoms. The number of sulfone groups is 1. The lowest BCUT2D eigenvalue weighted by molar-refractivity contribution is 0.584. The summed E-state index contributed by atoms with van der Waals surface area (Å²) in [4.78, 5) is 4.77. The summed E-state index contributed by atoms with van der Waals surface area (Å²) >= 11 is 0. The molecule has 118 valence electrons. The molecule has 0 aliphatic heterocycles. The standard InChI is InChI=1S/C19H19NO2S/c1-13-8-10-17(11-9-13)23(21,22)15(3)19-14(2)18-7-5-4-6-16(18)12-20-19/h4-12,15H,1-3H3. The molecule has 0 saturated heterocycles. The van der Waals surface area contributed by atoms with Crippen LogP contribution in [0.3, 0.4) is 0 Å². The fraction of sp³-hybridized carbons (Fsp3) is 0.211. The minimum atomic E-state index is -3.46. The quantitative estimate of drug-likeness (QED) is 0.717. The van der Waals surface area contributed by atoms with E-state index >= 15 is 0 Å². The van der Waals surface area contributed by atoms with Gasteiger partial charge in [0.25, 0.3) is 0 Å². The van der Waals surface area contributed by atoms with Crippen molar-refractivity contribution in [3.05, 3.63) is 71.5 Å². The Morgan fingerprint density at radius 2 is 1.61 bits per heavy atom. The topological polar surface area (TPSA) is 47.0 Å². The summed E-state index contributed by atoms with van der Waals surface area (Å²) in [7, 11) is -3.46. The zero-order valence-electron chi connectivity index (χ0n) is 13.4. The molecule has 3 nitrogen and oxygen atoms in total. The molecule has 0 radical (unpaired) electrons. The van der Waals surface area contributed by atoms with Crippen LogP contribution >= 0.6 is 0 Å². The van der Waals surface area contributed by atoms with Gasteiger partial charge in [-0.25, -0.2) is 8.42 Å². The van der Waals surface area contributed by atoms with Gasteiger partial charge in [0.05, 0.1) is 10.6 Å². The van der Waals surface area contributed by atoms with E-state index < -0.39 is 15.1 Å². The third-order valence-electron chi connectivity index (χ3n) is 4.29. The van der Waals surface area contributed by atoms with Crippen LogP contribution in [0.2, 0.25) is 0 Å². The Kier molecular flexibility index (Phi) is 3.94. The molecule has 0 N–H and O–H groups in total. The second kappa shape index (κ2) is 5.78. The number of benzene rings is 2. The fourth-order valence-corrected chi connectivity index (χ4v) is 4.27. The van der Waals surface area contributed by atoms with Crippen molar-refractivity contribution in [3.8, 4) is 0 Å². The van der Waals surface area contributed by atoms with Gasteiger partial charge in [-0.2, -0.15) is 0 Å². The number of aryl methyl sites for hydroxylation is 2. The molecule has 1 atom stereocenters. The van der Waals surface area contributed by atoms with Crippen molar-refractivity contribution < 1.29 is 8.42 Å². The molecule has 3 aromatic rings. The van der Waals surface area contributed by atoms with Gasteiger partial charge in [0.1, 0.15) is 5.25 Å². The van der Waals surface area contributed by atoms with Crippen LogP contribution < -0.4 is 0 Å². The van der Waals surface area contributed by atoms with Crippen molar-refractivity contribution in [3.63, 3.8) is 0 Å². The maximum Gasteiger partial charge on any atom is 0.186 e. The highest BCUT2D eigenvalue weighted by Crippen LogP contribution is 2.32. The molecule has 0 spiro atoms. The molecular formula is C19H19NO2S. The van der Waals surface area contributed by atoms with E-state index in [1.165, 1.54) is 0 Å². The van der Waals surface area contributed by atoms with Crippen LogP contribution in [-0.4, -0.2) is 13.4 Å². The highest BCUT2D eigenvalue weighted by molar-refractivity contribution is 7.91. The molecule has 0 saturated carbocycles. The highest BCUT2D eigenvalue weighted by atomic mass is 32.2. The lowest BCUT2D eigenvalue weighted by Crippen LogP contribution is -2.13. The zero-order chi connectivity index (χ0) is 16.6. The smallest absolute Gasteiger partial charge is 0.186 e. The highest BCUT2D eigenvalue weighted by Gasteiger charge is 2.27. The summed E-state index contributed by atoms with van der Waals surface area (Å²) in [5.74, 6) is 0. The minimum Gasteiger partial charge on any atom is -0.259 e. The third kappa shape index (κ3) is 2.75. The molecule has 0 aliphatic carbocycles. The van der Waals surface area contributed by atoms with Crippen molar-refractivity contribution in [1.29, 1.82) is 0 Å². The number of fused-ring (bicyclic) bond motifs is 1. The number of aromatic nitrogens is 1. The normalized spacial score (nSPS) is 13.2. The first-order chi connectivity index (χ1) is 10.9. The minimum absolute atomic E-state index is 0.338. The summed E-state index contributed by atoms with van der Waals surface area (Å²) in [5.41, 5.74) is 2.58. The molecule has 1 heterocycles. The lowest BCUT2D eigenvalue weighted by Gasteiger charge is -2.16. The predicted octanol–water partition coefficient (Wildman–Crippen LogP) is 4.39. The second-order valence-corrected chi connectivity index (χ2v) is 8.12. The molecular weight excluding hydrogens is 306 g/mol. The fourth-order valence-electron chi connectivity index (χ4n) is 2.81. The zero-order valence-corrected chi connectivity index (χ0v) is 14.3. The van der Waals surface area contributed by atoms with Crippen LogP contribution in [0.1, 0.15) is 29.0 Å². The molecule has 0 fully saturated rings. The Labute approximate surface area is 136 Å². The van der Waals surface area contributed by atoms with Crippen molar-refractivity contribution in [1.82, 2.24) is 4.98 Å². The van der Waals surface area contributed by atoms with Gasteiger partial charge in [0, 0.05) is 11.6 Å². The van der Waals surface area contributed by atoms with Crippen molar-refractivity contribution in [2.45, 2.75) is 30.9 Å². The number of hydrogen-bond acceptors (Lipinski definition) is 3. The number of pyridine rings is 1.